The Balaban J connectivity index is 1.76. The number of nitrogens with one attached hydrogen (secondary N) is 1. The summed E-state index contributed by atoms with van der Waals surface area (Å²) in [5, 5.41) is 0. The molecule has 0 aliphatic heterocycles. The van der Waals surface area contributed by atoms with E-state index in [2.05, 4.69) is 9.71 Å². The van der Waals surface area contributed by atoms with E-state index in [9.17, 15) is 8.42 Å². The molecule has 1 heterocycles. The van der Waals surface area contributed by atoms with Gasteiger partial charge in [-0.15, -0.1) is 0 Å². The molecule has 0 aliphatic carbocycles. The number of rotatable bonds is 7. The predicted molar refractivity (Wildman–Crippen MR) is 97.1 cm³/mol. The molecule has 2 aromatic carbocycles. The van der Waals surface area contributed by atoms with Gasteiger partial charge in [-0.25, -0.2) is 18.1 Å². The van der Waals surface area contributed by atoms with Gasteiger partial charge in [0.1, 0.15) is 16.4 Å². The molecular formula is C18H19N3O4S. The maximum atomic E-state index is 12.6. The molecule has 0 fully saturated rings. The zero-order valence-electron chi connectivity index (χ0n) is 14.4. The maximum Gasteiger partial charge on any atom is 0.244 e. The summed E-state index contributed by atoms with van der Waals surface area (Å²) in [5.74, 6) is 0.699. The van der Waals surface area contributed by atoms with Crippen molar-refractivity contribution in [3.05, 3.63) is 66.7 Å². The Morgan fingerprint density at radius 3 is 2.46 bits per heavy atom. The van der Waals surface area contributed by atoms with Gasteiger partial charge in [0, 0.05) is 30.7 Å². The maximum absolute atomic E-state index is 12.6. The molecule has 0 spiro atoms. The van der Waals surface area contributed by atoms with Crippen molar-refractivity contribution in [3.8, 4) is 17.2 Å². The van der Waals surface area contributed by atoms with Crippen molar-refractivity contribution in [2.45, 2.75) is 11.4 Å². The first-order valence-electron chi connectivity index (χ1n) is 7.82. The Kier molecular flexibility index (Phi) is 5.24. The highest BCUT2D eigenvalue weighted by atomic mass is 32.2. The lowest BCUT2D eigenvalue weighted by atomic mass is 10.2. The Labute approximate surface area is 152 Å². The Morgan fingerprint density at radius 1 is 1.08 bits per heavy atom. The van der Waals surface area contributed by atoms with Crippen LogP contribution in [0, 0.1) is 0 Å². The van der Waals surface area contributed by atoms with Gasteiger partial charge in [0.15, 0.2) is 0 Å². The highest BCUT2D eigenvalue weighted by molar-refractivity contribution is 7.89. The van der Waals surface area contributed by atoms with Crippen molar-refractivity contribution >= 4 is 10.0 Å². The summed E-state index contributed by atoms with van der Waals surface area (Å²) in [6.45, 7) is 0.160. The van der Waals surface area contributed by atoms with E-state index in [4.69, 9.17) is 9.47 Å². The van der Waals surface area contributed by atoms with Gasteiger partial charge in [-0.2, -0.15) is 0 Å². The first-order valence-corrected chi connectivity index (χ1v) is 9.31. The molecule has 136 valence electrons. The van der Waals surface area contributed by atoms with E-state index in [0.29, 0.717) is 5.75 Å². The number of hydrogen-bond acceptors (Lipinski definition) is 5. The molecule has 0 aliphatic rings. The van der Waals surface area contributed by atoms with Crippen LogP contribution in [0.1, 0.15) is 5.56 Å². The quantitative estimate of drug-likeness (QED) is 0.687. The van der Waals surface area contributed by atoms with E-state index < -0.39 is 10.0 Å². The third-order valence-corrected chi connectivity index (χ3v) is 5.29. The first-order chi connectivity index (χ1) is 12.5. The molecule has 0 radical (unpaired) electrons. The molecule has 26 heavy (non-hydrogen) atoms. The number of ether oxygens (including phenoxy) is 2. The molecule has 1 aromatic heterocycles. The lowest BCUT2D eigenvalue weighted by Gasteiger charge is -2.12. The fourth-order valence-corrected chi connectivity index (χ4v) is 3.65. The summed E-state index contributed by atoms with van der Waals surface area (Å²) < 4.78 is 40.0. The van der Waals surface area contributed by atoms with Gasteiger partial charge in [-0.05, 0) is 29.8 Å². The van der Waals surface area contributed by atoms with Crippen molar-refractivity contribution in [2.75, 3.05) is 14.2 Å². The van der Waals surface area contributed by atoms with Gasteiger partial charge >= 0.3 is 0 Å². The minimum Gasteiger partial charge on any atom is -0.497 e. The normalized spacial score (nSPS) is 11.3. The number of aromatic nitrogens is 2. The third-order valence-electron chi connectivity index (χ3n) is 3.87. The fraction of sp³-hybridized carbons (Fsp3) is 0.167. The molecule has 0 amide bonds. The standard InChI is InChI=1S/C18H19N3O4S/c1-24-16-7-8-17(25-2)18(11-16)26(22,23)20-12-14-3-5-15(6-4-14)21-10-9-19-13-21/h3-11,13,20H,12H2,1-2H3. The third kappa shape index (κ3) is 3.87. The Morgan fingerprint density at radius 2 is 1.85 bits per heavy atom. The number of benzene rings is 2. The molecule has 8 heteroatoms. The minimum atomic E-state index is -3.76. The Bertz CT molecular complexity index is 968. The van der Waals surface area contributed by atoms with Gasteiger partial charge in [-0.1, -0.05) is 12.1 Å². The van der Waals surface area contributed by atoms with Crippen molar-refractivity contribution in [2.24, 2.45) is 0 Å². The van der Waals surface area contributed by atoms with E-state index in [1.54, 1.807) is 24.7 Å². The lowest BCUT2D eigenvalue weighted by molar-refractivity contribution is 0.392. The van der Waals surface area contributed by atoms with E-state index in [1.807, 2.05) is 35.0 Å². The summed E-state index contributed by atoms with van der Waals surface area (Å²) in [6, 6.07) is 12.2. The number of hydrogen-bond donors (Lipinski definition) is 1. The average Bonchev–Trinajstić information content (AvgIpc) is 3.21. The second kappa shape index (κ2) is 7.59. The van der Waals surface area contributed by atoms with Crippen LogP contribution >= 0.6 is 0 Å². The monoisotopic (exact) mass is 373 g/mol. The van der Waals surface area contributed by atoms with Crippen LogP contribution in [0.2, 0.25) is 0 Å². The Hall–Kier alpha value is -2.84. The van der Waals surface area contributed by atoms with Crippen LogP contribution in [0.3, 0.4) is 0 Å². The van der Waals surface area contributed by atoms with Crippen molar-refractivity contribution in [1.29, 1.82) is 0 Å². The summed E-state index contributed by atoms with van der Waals surface area (Å²) in [5.41, 5.74) is 1.78. The van der Waals surface area contributed by atoms with Crippen LogP contribution in [0.5, 0.6) is 11.5 Å². The topological polar surface area (TPSA) is 82.5 Å². The summed E-state index contributed by atoms with van der Waals surface area (Å²) in [4.78, 5) is 4.04. The molecule has 3 rings (SSSR count). The molecule has 1 N–H and O–H groups in total. The van der Waals surface area contributed by atoms with E-state index >= 15 is 0 Å². The number of nitrogens with zero attached hydrogens (tertiary/aromatic N) is 2. The average molecular weight is 373 g/mol. The molecule has 0 unspecified atom stereocenters. The summed E-state index contributed by atoms with van der Waals surface area (Å²) in [7, 11) is -0.851. The number of methoxy groups -OCH3 is 2. The molecule has 7 nitrogen and oxygen atoms in total. The molecule has 0 saturated carbocycles. The largest absolute Gasteiger partial charge is 0.497 e. The SMILES string of the molecule is COc1ccc(OC)c(S(=O)(=O)NCc2ccc(-n3ccnc3)cc2)c1. The molecule has 0 bridgehead atoms. The van der Waals surface area contributed by atoms with Crippen LogP contribution in [0.25, 0.3) is 5.69 Å². The summed E-state index contributed by atoms with van der Waals surface area (Å²) >= 11 is 0. The lowest BCUT2D eigenvalue weighted by Crippen LogP contribution is -2.23. The van der Waals surface area contributed by atoms with Crippen molar-refractivity contribution < 1.29 is 17.9 Å². The van der Waals surface area contributed by atoms with Crippen LogP contribution in [0.4, 0.5) is 0 Å². The van der Waals surface area contributed by atoms with Gasteiger partial charge in [0.05, 0.1) is 20.5 Å². The smallest absolute Gasteiger partial charge is 0.244 e. The van der Waals surface area contributed by atoms with E-state index in [-0.39, 0.29) is 17.2 Å². The van der Waals surface area contributed by atoms with Crippen molar-refractivity contribution in [1.82, 2.24) is 14.3 Å². The molecule has 0 atom stereocenters. The van der Waals surface area contributed by atoms with Crippen LogP contribution in [-0.2, 0) is 16.6 Å². The molecule has 3 aromatic rings. The second-order valence-electron chi connectivity index (χ2n) is 5.48. The molecule has 0 saturated heterocycles. The molecular weight excluding hydrogens is 354 g/mol. The zero-order chi connectivity index (χ0) is 18.6. The number of sulfonamides is 1. The highest BCUT2D eigenvalue weighted by Gasteiger charge is 2.20. The number of imidazole rings is 1. The first kappa shape index (κ1) is 18.0. The highest BCUT2D eigenvalue weighted by Crippen LogP contribution is 2.28. The zero-order valence-corrected chi connectivity index (χ0v) is 15.2. The van der Waals surface area contributed by atoms with Gasteiger partial charge in [0.25, 0.3) is 0 Å². The van der Waals surface area contributed by atoms with Gasteiger partial charge in [0.2, 0.25) is 10.0 Å². The van der Waals surface area contributed by atoms with E-state index in [0.717, 1.165) is 11.3 Å². The van der Waals surface area contributed by atoms with Gasteiger partial charge < -0.3 is 14.0 Å². The van der Waals surface area contributed by atoms with Crippen LogP contribution in [0.15, 0.2) is 66.1 Å². The summed E-state index contributed by atoms with van der Waals surface area (Å²) in [6.07, 6.45) is 5.24. The van der Waals surface area contributed by atoms with Crippen LogP contribution in [-0.4, -0.2) is 32.2 Å². The fourth-order valence-electron chi connectivity index (χ4n) is 2.45. The minimum absolute atomic E-state index is 0.0365. The van der Waals surface area contributed by atoms with Gasteiger partial charge in [-0.3, -0.25) is 0 Å². The van der Waals surface area contributed by atoms with Crippen molar-refractivity contribution in [3.63, 3.8) is 0 Å². The second-order valence-corrected chi connectivity index (χ2v) is 7.21. The predicted octanol–water partition coefficient (Wildman–Crippen LogP) is 2.37. The van der Waals surface area contributed by atoms with Crippen LogP contribution < -0.4 is 14.2 Å². The van der Waals surface area contributed by atoms with E-state index in [1.165, 1.54) is 20.3 Å².